The van der Waals surface area contributed by atoms with Crippen LogP contribution in [-0.4, -0.2) is 20.9 Å². The summed E-state index contributed by atoms with van der Waals surface area (Å²) < 4.78 is 2.23. The molecule has 1 N–H and O–H groups in total. The minimum Gasteiger partial charge on any atom is -0.478 e. The Morgan fingerprint density at radius 2 is 2.25 bits per heavy atom. The van der Waals surface area contributed by atoms with E-state index in [9.17, 15) is 4.79 Å². The van der Waals surface area contributed by atoms with Crippen LogP contribution in [-0.2, 0) is 0 Å². The molecule has 0 fully saturated rings. The van der Waals surface area contributed by atoms with Crippen LogP contribution in [0.3, 0.4) is 0 Å². The number of hydrogen-bond donors (Lipinski definition) is 1. The summed E-state index contributed by atoms with van der Waals surface area (Å²) in [5.74, 6) is -1.02. The maximum absolute atomic E-state index is 11.0. The van der Waals surface area contributed by atoms with E-state index in [1.165, 1.54) is 16.8 Å². The first-order valence-corrected chi connectivity index (χ1v) is 5.48. The van der Waals surface area contributed by atoms with Crippen molar-refractivity contribution in [2.45, 2.75) is 0 Å². The maximum Gasteiger partial charge on any atom is 0.337 e. The molecule has 0 bridgehead atoms. The highest BCUT2D eigenvalue weighted by Gasteiger charge is 2.12. The normalized spacial score (nSPS) is 10.4. The van der Waals surface area contributed by atoms with Gasteiger partial charge in [-0.25, -0.2) is 9.48 Å². The Balaban J connectivity index is 2.62. The first kappa shape index (κ1) is 11.2. The van der Waals surface area contributed by atoms with Crippen molar-refractivity contribution in [3.8, 4) is 5.69 Å². The zero-order valence-corrected chi connectivity index (χ0v) is 10.2. The van der Waals surface area contributed by atoms with E-state index in [1.54, 1.807) is 18.5 Å². The zero-order valence-electron chi connectivity index (χ0n) is 7.89. The van der Waals surface area contributed by atoms with Crippen LogP contribution in [0.1, 0.15) is 10.4 Å². The Labute approximate surface area is 105 Å². The van der Waals surface area contributed by atoms with Gasteiger partial charge in [-0.2, -0.15) is 5.10 Å². The van der Waals surface area contributed by atoms with Gasteiger partial charge >= 0.3 is 5.97 Å². The van der Waals surface area contributed by atoms with Gasteiger partial charge in [0.1, 0.15) is 0 Å². The van der Waals surface area contributed by atoms with E-state index >= 15 is 0 Å². The first-order chi connectivity index (χ1) is 7.58. The van der Waals surface area contributed by atoms with E-state index in [0.717, 1.165) is 4.47 Å². The summed E-state index contributed by atoms with van der Waals surface area (Å²) in [7, 11) is 0. The lowest BCUT2D eigenvalue weighted by Gasteiger charge is -2.06. The van der Waals surface area contributed by atoms with Crippen molar-refractivity contribution in [1.29, 1.82) is 0 Å². The van der Waals surface area contributed by atoms with Crippen molar-refractivity contribution >= 4 is 33.5 Å². The van der Waals surface area contributed by atoms with Crippen LogP contribution in [0.2, 0.25) is 5.02 Å². The van der Waals surface area contributed by atoms with Crippen LogP contribution < -0.4 is 0 Å². The summed E-state index contributed by atoms with van der Waals surface area (Å²) in [5.41, 5.74) is 0.589. The Bertz CT molecular complexity index is 554. The molecule has 82 valence electrons. The number of aromatic carboxylic acids is 1. The molecule has 0 amide bonds. The van der Waals surface area contributed by atoms with E-state index in [-0.39, 0.29) is 5.56 Å². The van der Waals surface area contributed by atoms with Crippen molar-refractivity contribution in [1.82, 2.24) is 9.78 Å². The number of rotatable bonds is 2. The highest BCUT2D eigenvalue weighted by molar-refractivity contribution is 9.10. The minimum atomic E-state index is -1.02. The fraction of sp³-hybridized carbons (Fsp3) is 0. The van der Waals surface area contributed by atoms with Gasteiger partial charge in [-0.15, -0.1) is 0 Å². The first-order valence-electron chi connectivity index (χ1n) is 4.31. The van der Waals surface area contributed by atoms with Crippen LogP contribution >= 0.6 is 27.5 Å². The number of aromatic nitrogens is 2. The van der Waals surface area contributed by atoms with Gasteiger partial charge in [-0.05, 0) is 34.1 Å². The van der Waals surface area contributed by atoms with Gasteiger partial charge in [0.15, 0.2) is 0 Å². The number of carbonyl (C=O) groups is 1. The molecule has 0 unspecified atom stereocenters. The second kappa shape index (κ2) is 4.27. The molecule has 0 aliphatic rings. The van der Waals surface area contributed by atoms with Crippen molar-refractivity contribution in [3.63, 3.8) is 0 Å². The predicted octanol–water partition coefficient (Wildman–Crippen LogP) is 2.99. The quantitative estimate of drug-likeness (QED) is 0.927. The lowest BCUT2D eigenvalue weighted by molar-refractivity contribution is 0.0697. The van der Waals surface area contributed by atoms with Gasteiger partial charge in [0.2, 0.25) is 0 Å². The molecular formula is C10H6BrClN2O2. The Morgan fingerprint density at radius 3 is 2.81 bits per heavy atom. The highest BCUT2D eigenvalue weighted by Crippen LogP contribution is 2.21. The van der Waals surface area contributed by atoms with Gasteiger partial charge in [0, 0.05) is 11.2 Å². The summed E-state index contributed by atoms with van der Waals surface area (Å²) in [6, 6.07) is 4.55. The summed E-state index contributed by atoms with van der Waals surface area (Å²) in [6.07, 6.45) is 3.24. The molecular weight excluding hydrogens is 295 g/mol. The predicted molar refractivity (Wildman–Crippen MR) is 63.2 cm³/mol. The molecule has 0 aliphatic carbocycles. The van der Waals surface area contributed by atoms with Gasteiger partial charge in [-0.1, -0.05) is 11.6 Å². The lowest BCUT2D eigenvalue weighted by Crippen LogP contribution is -2.05. The molecule has 2 rings (SSSR count). The van der Waals surface area contributed by atoms with Gasteiger partial charge in [0.05, 0.1) is 21.9 Å². The monoisotopic (exact) mass is 300 g/mol. The van der Waals surface area contributed by atoms with E-state index in [4.69, 9.17) is 16.7 Å². The standard InChI is InChI=1S/C10H6BrClN2O2/c11-6-4-13-14(5-6)9-3-7(12)1-2-8(9)10(15)16/h1-5H,(H,15,16). The highest BCUT2D eigenvalue weighted by atomic mass is 79.9. The lowest BCUT2D eigenvalue weighted by atomic mass is 10.2. The summed E-state index contributed by atoms with van der Waals surface area (Å²) in [5, 5.41) is 13.5. The van der Waals surface area contributed by atoms with Crippen molar-refractivity contribution in [3.05, 3.63) is 45.7 Å². The van der Waals surface area contributed by atoms with Crippen LogP contribution in [0.5, 0.6) is 0 Å². The Hall–Kier alpha value is -1.33. The van der Waals surface area contributed by atoms with Crippen LogP contribution in [0, 0.1) is 0 Å². The molecule has 0 saturated heterocycles. The van der Waals surface area contributed by atoms with E-state index in [0.29, 0.717) is 10.7 Å². The average molecular weight is 302 g/mol. The summed E-state index contributed by atoms with van der Waals surface area (Å²) >= 11 is 9.08. The topological polar surface area (TPSA) is 55.1 Å². The van der Waals surface area contributed by atoms with E-state index in [2.05, 4.69) is 21.0 Å². The van der Waals surface area contributed by atoms with Crippen LogP contribution in [0.15, 0.2) is 35.1 Å². The third-order valence-corrected chi connectivity index (χ3v) is 2.63. The number of benzene rings is 1. The number of hydrogen-bond acceptors (Lipinski definition) is 2. The third-order valence-electron chi connectivity index (χ3n) is 1.99. The number of nitrogens with zero attached hydrogens (tertiary/aromatic N) is 2. The van der Waals surface area contributed by atoms with Gasteiger partial charge < -0.3 is 5.11 Å². The molecule has 2 aromatic rings. The molecule has 0 saturated carbocycles. The molecule has 4 nitrogen and oxygen atoms in total. The summed E-state index contributed by atoms with van der Waals surface area (Å²) in [4.78, 5) is 11.0. The van der Waals surface area contributed by atoms with Crippen LogP contribution in [0.4, 0.5) is 0 Å². The fourth-order valence-corrected chi connectivity index (χ4v) is 1.76. The Kier molecular flexibility index (Phi) is 2.98. The smallest absolute Gasteiger partial charge is 0.337 e. The molecule has 6 heteroatoms. The molecule has 1 aromatic carbocycles. The third kappa shape index (κ3) is 2.10. The molecule has 0 atom stereocenters. The number of carboxylic acid groups (broad SMARTS) is 1. The molecule has 0 spiro atoms. The number of halogens is 2. The van der Waals surface area contributed by atoms with Gasteiger partial charge in [-0.3, -0.25) is 0 Å². The van der Waals surface area contributed by atoms with Crippen molar-refractivity contribution < 1.29 is 9.90 Å². The maximum atomic E-state index is 11.0. The molecule has 1 aromatic heterocycles. The van der Waals surface area contributed by atoms with Crippen molar-refractivity contribution in [2.24, 2.45) is 0 Å². The molecule has 1 heterocycles. The molecule has 0 radical (unpaired) electrons. The second-order valence-electron chi connectivity index (χ2n) is 3.07. The minimum absolute atomic E-state index is 0.153. The zero-order chi connectivity index (χ0) is 11.7. The van der Waals surface area contributed by atoms with Crippen molar-refractivity contribution in [2.75, 3.05) is 0 Å². The largest absolute Gasteiger partial charge is 0.478 e. The number of carboxylic acids is 1. The Morgan fingerprint density at radius 1 is 1.50 bits per heavy atom. The SMILES string of the molecule is O=C(O)c1ccc(Cl)cc1-n1cc(Br)cn1. The molecule has 0 aliphatic heterocycles. The molecule has 16 heavy (non-hydrogen) atoms. The van der Waals surface area contributed by atoms with Gasteiger partial charge in [0.25, 0.3) is 0 Å². The van der Waals surface area contributed by atoms with E-state index in [1.807, 2.05) is 0 Å². The van der Waals surface area contributed by atoms with E-state index < -0.39 is 5.97 Å². The second-order valence-corrected chi connectivity index (χ2v) is 4.42. The average Bonchev–Trinajstić information content (AvgIpc) is 2.64. The van der Waals surface area contributed by atoms with Crippen LogP contribution in [0.25, 0.3) is 5.69 Å². The summed E-state index contributed by atoms with van der Waals surface area (Å²) in [6.45, 7) is 0. The fourth-order valence-electron chi connectivity index (χ4n) is 1.31.